The monoisotopic (exact) mass is 610 g/mol. The molecule has 3 aliphatic carbocycles. The second-order valence-corrected chi connectivity index (χ2v) is 15.5. The molecule has 5 atom stereocenters. The van der Waals surface area contributed by atoms with Crippen LogP contribution in [0.1, 0.15) is 66.4 Å². The van der Waals surface area contributed by atoms with Crippen LogP contribution in [-0.4, -0.2) is 51.0 Å². The molecule has 2 saturated carbocycles. The quantitative estimate of drug-likeness (QED) is 0.429. The molecule has 0 unspecified atom stereocenters. The van der Waals surface area contributed by atoms with Gasteiger partial charge in [0.1, 0.15) is 5.75 Å². The Balaban J connectivity index is 1.27. The Morgan fingerprint density at radius 2 is 1.88 bits per heavy atom. The molecular formula is C33H39ClN2O5S. The van der Waals surface area contributed by atoms with Gasteiger partial charge in [-0.2, -0.15) is 0 Å². The zero-order valence-corrected chi connectivity index (χ0v) is 25.4. The molecule has 2 fully saturated rings. The van der Waals surface area contributed by atoms with Gasteiger partial charge < -0.3 is 14.7 Å². The Kier molecular flexibility index (Phi) is 7.30. The number of halogens is 1. The maximum absolute atomic E-state index is 13.3. The van der Waals surface area contributed by atoms with Crippen molar-refractivity contribution < 1.29 is 23.1 Å². The number of rotatable bonds is 1. The molecule has 2 aromatic carbocycles. The van der Waals surface area contributed by atoms with Crippen LogP contribution in [0.15, 0.2) is 48.6 Å². The van der Waals surface area contributed by atoms with E-state index in [1.165, 1.54) is 11.1 Å². The van der Waals surface area contributed by atoms with Crippen molar-refractivity contribution in [2.24, 2.45) is 23.7 Å². The highest BCUT2D eigenvalue weighted by Gasteiger charge is 2.44. The number of fused-ring (bicyclic) bond motifs is 4. The van der Waals surface area contributed by atoms with Crippen molar-refractivity contribution in [3.8, 4) is 5.75 Å². The van der Waals surface area contributed by atoms with Gasteiger partial charge in [-0.3, -0.25) is 4.79 Å². The Hall–Kier alpha value is -2.55. The van der Waals surface area contributed by atoms with E-state index >= 15 is 0 Å². The molecule has 2 bridgehead atoms. The number of aliphatic hydroxyl groups excluding tert-OH is 1. The largest absolute Gasteiger partial charge is 0.490 e. The van der Waals surface area contributed by atoms with Gasteiger partial charge in [0.25, 0.3) is 5.91 Å². The summed E-state index contributed by atoms with van der Waals surface area (Å²) in [5.74, 6) is 0.712. The first-order valence-corrected chi connectivity index (χ1v) is 17.4. The lowest BCUT2D eigenvalue weighted by atomic mass is 9.68. The number of allylic oxidation sites excluding steroid dienone is 1. The topological polar surface area (TPSA) is 95.9 Å². The van der Waals surface area contributed by atoms with Crippen LogP contribution in [0.2, 0.25) is 5.02 Å². The SMILES string of the molecule is O=C1NS(=O)(=O)C[C@@H](C2CC2)C/C=C/[C@H](O)[C@@H]2CC[C@H]2CN2C[C@@]3(CCCc4cc(Cl)ccc43)COc3ccc1cc32. The van der Waals surface area contributed by atoms with E-state index < -0.39 is 22.0 Å². The number of sulfonamides is 1. The molecule has 5 aliphatic rings. The van der Waals surface area contributed by atoms with Gasteiger partial charge in [0, 0.05) is 29.1 Å². The van der Waals surface area contributed by atoms with Gasteiger partial charge in [0.15, 0.2) is 0 Å². The second-order valence-electron chi connectivity index (χ2n) is 13.3. The summed E-state index contributed by atoms with van der Waals surface area (Å²) in [6, 6.07) is 11.4. The average molecular weight is 611 g/mol. The minimum absolute atomic E-state index is 0.0655. The van der Waals surface area contributed by atoms with Gasteiger partial charge in [0.2, 0.25) is 10.0 Å². The van der Waals surface area contributed by atoms with E-state index in [1.807, 2.05) is 18.2 Å². The van der Waals surface area contributed by atoms with Gasteiger partial charge in [-0.15, -0.1) is 0 Å². The number of amides is 1. The van der Waals surface area contributed by atoms with Gasteiger partial charge in [0.05, 0.1) is 24.2 Å². The lowest BCUT2D eigenvalue weighted by Crippen LogP contribution is -2.49. The molecule has 9 heteroatoms. The molecule has 1 spiro atoms. The molecule has 0 saturated heterocycles. The zero-order chi connectivity index (χ0) is 29.1. The second kappa shape index (κ2) is 10.9. The third-order valence-electron chi connectivity index (χ3n) is 10.4. The van der Waals surface area contributed by atoms with Crippen LogP contribution >= 0.6 is 11.6 Å². The standard InChI is InChI=1S/C33H39ClN2O5S/c34-26-10-12-28-22(15-26)4-2-14-33(28)19-36-17-24-8-11-27(24)30(37)5-1-3-25(21-6-7-21)18-42(39,40)35-32(38)23-9-13-31(41-20-33)29(36)16-23/h1,5,9-10,12-13,15-16,21,24-25,27,30,37H,2-4,6-8,11,14,17-20H2,(H,35,38)/b5-1+/t24-,25-,27+,30-,33-/m0/s1. The van der Waals surface area contributed by atoms with Crippen molar-refractivity contribution in [2.75, 3.05) is 30.3 Å². The number of aliphatic hydroxyl groups is 1. The number of nitrogens with one attached hydrogen (secondary N) is 1. The minimum Gasteiger partial charge on any atom is -0.490 e. The van der Waals surface area contributed by atoms with Gasteiger partial charge in [-0.25, -0.2) is 13.1 Å². The minimum atomic E-state index is -3.84. The van der Waals surface area contributed by atoms with E-state index in [0.29, 0.717) is 42.7 Å². The fraction of sp³-hybridized carbons (Fsp3) is 0.545. The lowest BCUT2D eigenvalue weighted by molar-refractivity contribution is 0.0455. The summed E-state index contributed by atoms with van der Waals surface area (Å²) in [5.41, 5.74) is 3.38. The van der Waals surface area contributed by atoms with Crippen LogP contribution in [0.25, 0.3) is 0 Å². The molecule has 7 rings (SSSR count). The number of hydrogen-bond acceptors (Lipinski definition) is 6. The number of nitrogens with zero attached hydrogens (tertiary/aromatic N) is 1. The molecule has 0 aromatic heterocycles. The Morgan fingerprint density at radius 1 is 1.05 bits per heavy atom. The van der Waals surface area contributed by atoms with Crippen molar-refractivity contribution in [3.63, 3.8) is 0 Å². The van der Waals surface area contributed by atoms with Crippen molar-refractivity contribution in [3.05, 3.63) is 70.3 Å². The summed E-state index contributed by atoms with van der Waals surface area (Å²) in [6.45, 7) is 1.94. The first-order valence-electron chi connectivity index (χ1n) is 15.4. The number of carbonyl (C=O) groups excluding carboxylic acids is 1. The summed E-state index contributed by atoms with van der Waals surface area (Å²) in [4.78, 5) is 15.7. The van der Waals surface area contributed by atoms with Crippen molar-refractivity contribution in [1.29, 1.82) is 0 Å². The molecule has 2 aliphatic heterocycles. The fourth-order valence-electron chi connectivity index (χ4n) is 7.83. The zero-order valence-electron chi connectivity index (χ0n) is 23.8. The molecule has 2 N–H and O–H groups in total. The average Bonchev–Trinajstić information content (AvgIpc) is 3.78. The molecule has 1 amide bonds. The Labute approximate surface area is 253 Å². The fourth-order valence-corrected chi connectivity index (χ4v) is 9.48. The van der Waals surface area contributed by atoms with Crippen LogP contribution in [0, 0.1) is 23.7 Å². The molecule has 0 radical (unpaired) electrons. The van der Waals surface area contributed by atoms with Crippen molar-refractivity contribution in [2.45, 2.75) is 62.9 Å². The molecule has 224 valence electrons. The highest BCUT2D eigenvalue weighted by Crippen LogP contribution is 2.47. The summed E-state index contributed by atoms with van der Waals surface area (Å²) in [6.07, 6.45) is 10.9. The highest BCUT2D eigenvalue weighted by atomic mass is 35.5. The van der Waals surface area contributed by atoms with Gasteiger partial charge in [-0.05, 0) is 116 Å². The number of hydrogen-bond donors (Lipinski definition) is 2. The summed E-state index contributed by atoms with van der Waals surface area (Å²) in [5, 5.41) is 11.9. The van der Waals surface area contributed by atoms with Crippen LogP contribution in [-0.2, 0) is 21.9 Å². The molecule has 7 nitrogen and oxygen atoms in total. The molecule has 2 aromatic rings. The Morgan fingerprint density at radius 3 is 2.67 bits per heavy atom. The number of benzene rings is 2. The van der Waals surface area contributed by atoms with E-state index in [-0.39, 0.29) is 23.0 Å². The number of aryl methyl sites for hydroxylation is 1. The predicted octanol–water partition coefficient (Wildman–Crippen LogP) is 5.25. The van der Waals surface area contributed by atoms with Crippen LogP contribution in [0.4, 0.5) is 5.69 Å². The maximum atomic E-state index is 13.3. The maximum Gasteiger partial charge on any atom is 0.264 e. The first-order chi connectivity index (χ1) is 20.2. The lowest BCUT2D eigenvalue weighted by Gasteiger charge is -2.45. The predicted molar refractivity (Wildman–Crippen MR) is 164 cm³/mol. The highest BCUT2D eigenvalue weighted by molar-refractivity contribution is 7.90. The molecule has 42 heavy (non-hydrogen) atoms. The summed E-state index contributed by atoms with van der Waals surface area (Å²) >= 11 is 6.39. The third-order valence-corrected chi connectivity index (χ3v) is 12.0. The van der Waals surface area contributed by atoms with Crippen LogP contribution in [0.5, 0.6) is 5.75 Å². The molecular weight excluding hydrogens is 572 g/mol. The number of ether oxygens (including phenoxy) is 1. The normalized spacial score (nSPS) is 33.3. The first kappa shape index (κ1) is 28.2. The van der Waals surface area contributed by atoms with Crippen LogP contribution in [0.3, 0.4) is 0 Å². The van der Waals surface area contributed by atoms with E-state index in [9.17, 15) is 18.3 Å². The van der Waals surface area contributed by atoms with Gasteiger partial charge in [-0.1, -0.05) is 29.8 Å². The van der Waals surface area contributed by atoms with Crippen molar-refractivity contribution in [1.82, 2.24) is 4.72 Å². The third kappa shape index (κ3) is 5.46. The van der Waals surface area contributed by atoms with Crippen LogP contribution < -0.4 is 14.4 Å². The van der Waals surface area contributed by atoms with E-state index in [4.69, 9.17) is 16.3 Å². The van der Waals surface area contributed by atoms with E-state index in [0.717, 1.165) is 62.2 Å². The van der Waals surface area contributed by atoms with Gasteiger partial charge >= 0.3 is 0 Å². The summed E-state index contributed by atoms with van der Waals surface area (Å²) < 4.78 is 35.1. The summed E-state index contributed by atoms with van der Waals surface area (Å²) in [7, 11) is -3.84. The number of anilines is 1. The van der Waals surface area contributed by atoms with Crippen molar-refractivity contribution >= 4 is 33.2 Å². The van der Waals surface area contributed by atoms with E-state index in [1.54, 1.807) is 18.2 Å². The Bertz CT molecular complexity index is 1520. The molecule has 2 heterocycles. The smallest absolute Gasteiger partial charge is 0.264 e. The number of carbonyl (C=O) groups is 1. The van der Waals surface area contributed by atoms with E-state index in [2.05, 4.69) is 21.8 Å².